The second kappa shape index (κ2) is 18.4. The van der Waals surface area contributed by atoms with Crippen LogP contribution in [0.2, 0.25) is 5.02 Å². The van der Waals surface area contributed by atoms with Gasteiger partial charge in [0.05, 0.1) is 58.6 Å². The Kier molecular flexibility index (Phi) is 13.1. The maximum atomic E-state index is 14.1. The highest BCUT2D eigenvalue weighted by Crippen LogP contribution is 2.29. The zero-order valence-electron chi connectivity index (χ0n) is 33.9. The molecule has 0 radical (unpaired) electrons. The number of likely N-dealkylation sites (N-methyl/N-ethyl adjacent to an activating group) is 1. The molecule has 16 nitrogen and oxygen atoms in total. The SMILES string of the molecule is CN(C)CCCOc1ccc2c(=O)n(CC3(O)CCN(C(=O)C(Cn4ccc(F)n4)N(C)CCNC(=O)c4ccc5c(Cl)c(C(=O)NC6CC6)cnc5c4)CC3)cnc2c1. The molecule has 7 rings (SSSR count). The number of nitrogens with one attached hydrogen (secondary N) is 2. The first-order chi connectivity index (χ1) is 28.8. The molecule has 318 valence electrons. The first-order valence-corrected chi connectivity index (χ1v) is 20.5. The Hall–Kier alpha value is -5.49. The van der Waals surface area contributed by atoms with Crippen molar-refractivity contribution in [3.8, 4) is 5.75 Å². The molecule has 1 saturated carbocycles. The molecule has 0 bridgehead atoms. The summed E-state index contributed by atoms with van der Waals surface area (Å²) in [5.74, 6) is -0.931. The molecule has 1 atom stereocenters. The average Bonchev–Trinajstić information content (AvgIpc) is 3.95. The molecule has 1 aliphatic carbocycles. The lowest BCUT2D eigenvalue weighted by Gasteiger charge is -2.40. The van der Waals surface area contributed by atoms with Crippen molar-refractivity contribution in [2.75, 3.05) is 60.5 Å². The van der Waals surface area contributed by atoms with Gasteiger partial charge in [-0.25, -0.2) is 4.98 Å². The lowest BCUT2D eigenvalue weighted by Crippen LogP contribution is -2.55. The van der Waals surface area contributed by atoms with Crippen molar-refractivity contribution < 1.29 is 28.6 Å². The Balaban J connectivity index is 0.950. The fraction of sp³-hybridized carbons (Fsp3) is 0.452. The maximum absolute atomic E-state index is 14.1. The van der Waals surface area contributed by atoms with Crippen LogP contribution in [-0.2, 0) is 17.9 Å². The summed E-state index contributed by atoms with van der Waals surface area (Å²) in [5, 5.41) is 22.5. The van der Waals surface area contributed by atoms with Gasteiger partial charge in [0.15, 0.2) is 0 Å². The van der Waals surface area contributed by atoms with Crippen LogP contribution in [0.4, 0.5) is 4.39 Å². The monoisotopic (exact) mass is 844 g/mol. The van der Waals surface area contributed by atoms with Gasteiger partial charge in [-0.1, -0.05) is 17.7 Å². The molecule has 3 aromatic heterocycles. The van der Waals surface area contributed by atoms with Crippen LogP contribution in [0.15, 0.2) is 66.0 Å². The fourth-order valence-corrected chi connectivity index (χ4v) is 7.61. The number of aliphatic hydroxyl groups is 1. The number of rotatable bonds is 17. The van der Waals surface area contributed by atoms with E-state index in [2.05, 4.69) is 30.6 Å². The number of piperidine rings is 1. The van der Waals surface area contributed by atoms with E-state index in [1.807, 2.05) is 14.1 Å². The largest absolute Gasteiger partial charge is 0.493 e. The highest BCUT2D eigenvalue weighted by atomic mass is 35.5. The molecule has 2 fully saturated rings. The third-order valence-electron chi connectivity index (χ3n) is 11.0. The van der Waals surface area contributed by atoms with Gasteiger partial charge in [-0.05, 0) is 77.5 Å². The van der Waals surface area contributed by atoms with E-state index in [4.69, 9.17) is 16.3 Å². The second-order valence-corrected chi connectivity index (χ2v) is 16.4. The number of ether oxygens (including phenoxy) is 1. The van der Waals surface area contributed by atoms with Crippen molar-refractivity contribution in [2.45, 2.75) is 62.9 Å². The molecule has 60 heavy (non-hydrogen) atoms. The summed E-state index contributed by atoms with van der Waals surface area (Å²) in [7, 11) is 5.75. The fourth-order valence-electron chi connectivity index (χ4n) is 7.32. The summed E-state index contributed by atoms with van der Waals surface area (Å²) < 4.78 is 22.5. The van der Waals surface area contributed by atoms with Crippen molar-refractivity contribution in [3.05, 3.63) is 93.6 Å². The second-order valence-electron chi connectivity index (χ2n) is 16.0. The number of nitrogens with zero attached hydrogens (tertiary/aromatic N) is 8. The number of carbonyl (C=O) groups is 3. The lowest BCUT2D eigenvalue weighted by molar-refractivity contribution is -0.141. The van der Waals surface area contributed by atoms with Crippen LogP contribution in [0, 0.1) is 5.95 Å². The molecule has 0 spiro atoms. The summed E-state index contributed by atoms with van der Waals surface area (Å²) in [6.45, 7) is 2.38. The van der Waals surface area contributed by atoms with Crippen molar-refractivity contribution in [1.29, 1.82) is 0 Å². The van der Waals surface area contributed by atoms with Crippen LogP contribution in [0.1, 0.15) is 52.8 Å². The molecule has 2 aromatic carbocycles. The first kappa shape index (κ1) is 42.6. The summed E-state index contributed by atoms with van der Waals surface area (Å²) in [6, 6.07) is 10.7. The average molecular weight is 845 g/mol. The van der Waals surface area contributed by atoms with E-state index >= 15 is 0 Å². The van der Waals surface area contributed by atoms with E-state index < -0.39 is 17.6 Å². The number of likely N-dealkylation sites (tertiary alicyclic amines) is 1. The lowest BCUT2D eigenvalue weighted by atomic mass is 9.90. The third-order valence-corrected chi connectivity index (χ3v) is 11.5. The number of aromatic nitrogens is 5. The first-order valence-electron chi connectivity index (χ1n) is 20.1. The molecule has 3 amide bonds. The minimum Gasteiger partial charge on any atom is -0.493 e. The number of benzene rings is 2. The smallest absolute Gasteiger partial charge is 0.261 e. The Bertz CT molecular complexity index is 2430. The molecule has 5 aromatic rings. The normalized spacial score (nSPS) is 15.8. The zero-order valence-corrected chi connectivity index (χ0v) is 34.7. The Morgan fingerprint density at radius 3 is 2.48 bits per heavy atom. The van der Waals surface area contributed by atoms with Crippen LogP contribution in [0.5, 0.6) is 5.75 Å². The topological polar surface area (TPSA) is 180 Å². The van der Waals surface area contributed by atoms with E-state index in [-0.39, 0.29) is 92.0 Å². The van der Waals surface area contributed by atoms with Gasteiger partial charge in [-0.2, -0.15) is 4.39 Å². The summed E-state index contributed by atoms with van der Waals surface area (Å²) in [5.41, 5.74) is 0.0418. The van der Waals surface area contributed by atoms with Gasteiger partial charge < -0.3 is 30.3 Å². The van der Waals surface area contributed by atoms with Crippen molar-refractivity contribution in [1.82, 2.24) is 49.6 Å². The molecule has 4 heterocycles. The Labute approximate surface area is 351 Å². The van der Waals surface area contributed by atoms with E-state index in [1.165, 1.54) is 34.0 Å². The van der Waals surface area contributed by atoms with Crippen LogP contribution >= 0.6 is 11.6 Å². The van der Waals surface area contributed by atoms with E-state index in [1.54, 1.807) is 53.2 Å². The zero-order chi connectivity index (χ0) is 42.6. The van der Waals surface area contributed by atoms with E-state index in [0.717, 1.165) is 25.8 Å². The molecule has 3 N–H and O–H groups in total. The number of hydrogen-bond donors (Lipinski definition) is 3. The third kappa shape index (κ3) is 10.3. The quantitative estimate of drug-likeness (QED) is 0.117. The molecular weight excluding hydrogens is 795 g/mol. The molecule has 1 saturated heterocycles. The van der Waals surface area contributed by atoms with E-state index in [9.17, 15) is 28.7 Å². The minimum atomic E-state index is -1.27. The predicted octanol–water partition coefficient (Wildman–Crippen LogP) is 2.94. The van der Waals surface area contributed by atoms with Gasteiger partial charge in [-0.3, -0.25) is 38.3 Å². The number of hydrogen-bond acceptors (Lipinski definition) is 11. The van der Waals surface area contributed by atoms with Crippen LogP contribution in [0.3, 0.4) is 0 Å². The van der Waals surface area contributed by atoms with Gasteiger partial charge in [0.1, 0.15) is 11.8 Å². The maximum Gasteiger partial charge on any atom is 0.261 e. The summed E-state index contributed by atoms with van der Waals surface area (Å²) in [6.07, 6.45) is 7.47. The van der Waals surface area contributed by atoms with Crippen LogP contribution in [-0.4, -0.2) is 140 Å². The number of amides is 3. The number of carbonyl (C=O) groups excluding carboxylic acids is 3. The number of halogens is 2. The van der Waals surface area contributed by atoms with Crippen molar-refractivity contribution in [2.24, 2.45) is 0 Å². The minimum absolute atomic E-state index is 0.00800. The van der Waals surface area contributed by atoms with Gasteiger partial charge in [0.2, 0.25) is 11.9 Å². The van der Waals surface area contributed by atoms with Crippen molar-refractivity contribution in [3.63, 3.8) is 0 Å². The number of pyridine rings is 1. The molecular formula is C42H50ClFN10O6. The standard InChI is InChI=1S/C42H50ClFN10O6/c1-50(2)15-4-20-60-29-8-10-31-34(22-29)47-26-53(40(31)57)25-42(59)12-17-52(18-13-42)41(58)35(24-54-16-11-36(44)49-54)51(3)19-14-45-38(55)27-5-9-30-33(21-27)46-23-32(37(30)43)39(56)48-28-6-7-28/h5,8-11,16,21-23,26,28,35,59H,4,6-7,12-15,17-20,24-25H2,1-3H3,(H,45,55)(H,48,56). The van der Waals surface area contributed by atoms with Crippen molar-refractivity contribution >= 4 is 51.1 Å². The van der Waals surface area contributed by atoms with Crippen LogP contribution < -0.4 is 20.9 Å². The Morgan fingerprint density at radius 2 is 1.77 bits per heavy atom. The highest BCUT2D eigenvalue weighted by molar-refractivity contribution is 6.38. The summed E-state index contributed by atoms with van der Waals surface area (Å²) >= 11 is 6.56. The molecule has 2 aliphatic rings. The molecule has 18 heteroatoms. The number of fused-ring (bicyclic) bond motifs is 2. The van der Waals surface area contributed by atoms with Gasteiger partial charge in [-0.15, -0.1) is 5.10 Å². The molecule has 1 unspecified atom stereocenters. The predicted molar refractivity (Wildman–Crippen MR) is 224 cm³/mol. The van der Waals surface area contributed by atoms with Gasteiger partial charge in [0, 0.05) is 74.2 Å². The highest BCUT2D eigenvalue weighted by Gasteiger charge is 2.38. The van der Waals surface area contributed by atoms with Crippen LogP contribution in [0.25, 0.3) is 21.8 Å². The van der Waals surface area contributed by atoms with E-state index in [0.29, 0.717) is 39.7 Å². The summed E-state index contributed by atoms with van der Waals surface area (Å²) in [4.78, 5) is 67.7. The Morgan fingerprint density at radius 1 is 1.02 bits per heavy atom. The van der Waals surface area contributed by atoms with Gasteiger partial charge >= 0.3 is 0 Å². The molecule has 1 aliphatic heterocycles. The van der Waals surface area contributed by atoms with Gasteiger partial charge in [0.25, 0.3) is 17.4 Å².